The summed E-state index contributed by atoms with van der Waals surface area (Å²) >= 11 is 0. The molecule has 1 aliphatic heterocycles. The Morgan fingerprint density at radius 1 is 1.45 bits per heavy atom. The summed E-state index contributed by atoms with van der Waals surface area (Å²) in [4.78, 5) is 34.0. The van der Waals surface area contributed by atoms with Crippen LogP contribution in [0.1, 0.15) is 6.42 Å². The number of carboxylic acid groups (broad SMARTS) is 1. The number of aliphatic carboxylic acids is 1. The van der Waals surface area contributed by atoms with Crippen LogP contribution < -0.4 is 4.90 Å². The van der Waals surface area contributed by atoms with Gasteiger partial charge in [-0.3, -0.25) is 4.79 Å². The van der Waals surface area contributed by atoms with Crippen molar-refractivity contribution in [3.05, 3.63) is 18.5 Å². The topological polar surface area (TPSA) is 107 Å². The highest BCUT2D eigenvalue weighted by Gasteiger charge is 2.39. The van der Waals surface area contributed by atoms with Crippen LogP contribution in [0.3, 0.4) is 0 Å². The van der Waals surface area contributed by atoms with Crippen LogP contribution in [0, 0.1) is 0 Å². The number of aromatic nitrogens is 2. The molecule has 0 radical (unpaired) electrons. The van der Waals surface area contributed by atoms with Gasteiger partial charge in [0.1, 0.15) is 6.04 Å². The van der Waals surface area contributed by atoms with E-state index in [1.54, 1.807) is 25.5 Å². The Hall–Kier alpha value is -2.22. The van der Waals surface area contributed by atoms with E-state index >= 15 is 0 Å². The molecule has 2 atom stereocenters. The number of carbonyl (C=O) groups excluding carboxylic acids is 1. The Morgan fingerprint density at radius 2 is 2.10 bits per heavy atom. The summed E-state index contributed by atoms with van der Waals surface area (Å²) in [6.45, 7) is -0.000198. The number of rotatable bonds is 4. The van der Waals surface area contributed by atoms with Crippen LogP contribution in [0.15, 0.2) is 18.5 Å². The Labute approximate surface area is 115 Å². The second kappa shape index (κ2) is 5.83. The third-order valence-corrected chi connectivity index (χ3v) is 3.15. The summed E-state index contributed by atoms with van der Waals surface area (Å²) in [7, 11) is 1.65. The van der Waals surface area contributed by atoms with E-state index in [4.69, 9.17) is 5.11 Å². The van der Waals surface area contributed by atoms with Gasteiger partial charge in [-0.1, -0.05) is 0 Å². The molecule has 8 nitrogen and oxygen atoms in total. The Morgan fingerprint density at radius 3 is 2.70 bits per heavy atom. The normalized spacial score (nSPS) is 21.8. The van der Waals surface area contributed by atoms with Crippen LogP contribution in [0.25, 0.3) is 0 Å². The fraction of sp³-hybridized carbons (Fsp3) is 0.500. The number of aliphatic hydroxyl groups excluding tert-OH is 1. The van der Waals surface area contributed by atoms with Gasteiger partial charge in [0, 0.05) is 32.4 Å². The second-order valence-electron chi connectivity index (χ2n) is 4.69. The minimum absolute atomic E-state index is 0.0410. The van der Waals surface area contributed by atoms with Gasteiger partial charge < -0.3 is 20.0 Å². The van der Waals surface area contributed by atoms with E-state index < -0.39 is 18.1 Å². The third kappa shape index (κ3) is 3.02. The first kappa shape index (κ1) is 14.2. The van der Waals surface area contributed by atoms with Gasteiger partial charge in [-0.2, -0.15) is 0 Å². The van der Waals surface area contributed by atoms with E-state index in [9.17, 15) is 14.7 Å². The number of aliphatic hydroxyl groups is 1. The van der Waals surface area contributed by atoms with Crippen LogP contribution >= 0.6 is 0 Å². The molecule has 1 fully saturated rings. The summed E-state index contributed by atoms with van der Waals surface area (Å²) in [5.74, 6) is -1.09. The highest BCUT2D eigenvalue weighted by atomic mass is 16.4. The molecule has 1 aromatic rings. The number of amides is 1. The number of carbonyl (C=O) groups is 2. The van der Waals surface area contributed by atoms with Gasteiger partial charge in [0.05, 0.1) is 12.6 Å². The predicted molar refractivity (Wildman–Crippen MR) is 69.1 cm³/mol. The lowest BCUT2D eigenvalue weighted by molar-refractivity contribution is -0.147. The molecule has 0 aromatic carbocycles. The molecule has 1 saturated heterocycles. The molecule has 0 unspecified atom stereocenters. The Bertz CT molecular complexity index is 495. The standard InChI is InChI=1S/C12H16N4O4/c1-15(12-13-3-2-4-14-12)7-10(18)16-6-8(17)5-9(16)11(19)20/h2-4,8-9,17H,5-7H2,1H3,(H,19,20)/t8-,9-/m0/s1. The number of carboxylic acids is 1. The average molecular weight is 280 g/mol. The van der Waals surface area contributed by atoms with Crippen LogP contribution in [0.5, 0.6) is 0 Å². The Kier molecular flexibility index (Phi) is 4.14. The lowest BCUT2D eigenvalue weighted by Gasteiger charge is -2.24. The highest BCUT2D eigenvalue weighted by molar-refractivity contribution is 5.87. The maximum absolute atomic E-state index is 12.1. The van der Waals surface area contributed by atoms with Crippen LogP contribution in [-0.2, 0) is 9.59 Å². The molecule has 0 aliphatic carbocycles. The molecule has 0 spiro atoms. The molecule has 1 aliphatic rings. The van der Waals surface area contributed by atoms with Crippen molar-refractivity contribution in [1.29, 1.82) is 0 Å². The first-order valence-corrected chi connectivity index (χ1v) is 6.17. The summed E-state index contributed by atoms with van der Waals surface area (Å²) < 4.78 is 0. The van der Waals surface area contributed by atoms with Gasteiger partial charge in [-0.05, 0) is 6.07 Å². The van der Waals surface area contributed by atoms with Gasteiger partial charge in [-0.25, -0.2) is 14.8 Å². The average Bonchev–Trinajstić information content (AvgIpc) is 2.82. The largest absolute Gasteiger partial charge is 0.480 e. The smallest absolute Gasteiger partial charge is 0.326 e. The predicted octanol–water partition coefficient (Wildman–Crippen LogP) is -1.04. The van der Waals surface area contributed by atoms with Gasteiger partial charge in [0.15, 0.2) is 0 Å². The summed E-state index contributed by atoms with van der Waals surface area (Å²) in [5, 5.41) is 18.6. The van der Waals surface area contributed by atoms with Crippen molar-refractivity contribution in [3.8, 4) is 0 Å². The van der Waals surface area contributed by atoms with E-state index in [0.717, 1.165) is 0 Å². The molecule has 20 heavy (non-hydrogen) atoms. The molecule has 1 amide bonds. The SMILES string of the molecule is CN(CC(=O)N1C[C@@H](O)C[C@H]1C(=O)O)c1ncccn1. The minimum atomic E-state index is -1.10. The van der Waals surface area contributed by atoms with Crippen molar-refractivity contribution < 1.29 is 19.8 Å². The van der Waals surface area contributed by atoms with E-state index in [1.807, 2.05) is 0 Å². The Balaban J connectivity index is 2.02. The molecule has 2 N–H and O–H groups in total. The molecular formula is C12H16N4O4. The molecule has 108 valence electrons. The molecule has 0 bridgehead atoms. The quantitative estimate of drug-likeness (QED) is 0.725. The summed E-state index contributed by atoms with van der Waals surface area (Å²) in [5.41, 5.74) is 0. The van der Waals surface area contributed by atoms with Crippen LogP contribution in [0.2, 0.25) is 0 Å². The number of anilines is 1. The maximum atomic E-state index is 12.1. The van der Waals surface area contributed by atoms with Crippen molar-refractivity contribution in [2.75, 3.05) is 25.0 Å². The fourth-order valence-corrected chi connectivity index (χ4v) is 2.18. The molecule has 1 aromatic heterocycles. The monoisotopic (exact) mass is 280 g/mol. The van der Waals surface area contributed by atoms with Gasteiger partial charge >= 0.3 is 5.97 Å². The lowest BCUT2D eigenvalue weighted by Crippen LogP contribution is -2.45. The zero-order chi connectivity index (χ0) is 14.7. The van der Waals surface area contributed by atoms with Crippen LogP contribution in [0.4, 0.5) is 5.95 Å². The molecule has 2 rings (SSSR count). The number of likely N-dealkylation sites (N-methyl/N-ethyl adjacent to an activating group) is 1. The van der Waals surface area contributed by atoms with E-state index in [0.29, 0.717) is 5.95 Å². The zero-order valence-corrected chi connectivity index (χ0v) is 11.0. The number of likely N-dealkylation sites (tertiary alicyclic amines) is 1. The molecule has 8 heteroatoms. The zero-order valence-electron chi connectivity index (χ0n) is 11.0. The van der Waals surface area contributed by atoms with E-state index in [1.165, 1.54) is 9.80 Å². The van der Waals surface area contributed by atoms with E-state index in [-0.39, 0.29) is 25.4 Å². The van der Waals surface area contributed by atoms with Crippen molar-refractivity contribution in [1.82, 2.24) is 14.9 Å². The van der Waals surface area contributed by atoms with Gasteiger partial charge in [-0.15, -0.1) is 0 Å². The summed E-state index contributed by atoms with van der Waals surface area (Å²) in [6, 6.07) is 0.693. The van der Waals surface area contributed by atoms with Crippen molar-refractivity contribution in [2.45, 2.75) is 18.6 Å². The van der Waals surface area contributed by atoms with Gasteiger partial charge in [0.25, 0.3) is 0 Å². The van der Waals surface area contributed by atoms with Crippen LogP contribution in [-0.4, -0.2) is 69.2 Å². The number of nitrogens with zero attached hydrogens (tertiary/aromatic N) is 4. The number of hydrogen-bond donors (Lipinski definition) is 2. The van der Waals surface area contributed by atoms with Crippen molar-refractivity contribution in [2.24, 2.45) is 0 Å². The summed E-state index contributed by atoms with van der Waals surface area (Å²) in [6.07, 6.45) is 2.39. The van der Waals surface area contributed by atoms with Crippen molar-refractivity contribution >= 4 is 17.8 Å². The first-order chi connectivity index (χ1) is 9.49. The third-order valence-electron chi connectivity index (χ3n) is 3.15. The number of hydrogen-bond acceptors (Lipinski definition) is 6. The van der Waals surface area contributed by atoms with E-state index in [2.05, 4.69) is 9.97 Å². The minimum Gasteiger partial charge on any atom is -0.480 e. The number of β-amino-alcohol motifs (C(OH)–C–C–N with tert-alkyl or cyclic N) is 1. The maximum Gasteiger partial charge on any atom is 0.326 e. The second-order valence-corrected chi connectivity index (χ2v) is 4.69. The first-order valence-electron chi connectivity index (χ1n) is 6.17. The molecule has 2 heterocycles. The molecule has 0 saturated carbocycles. The molecular weight excluding hydrogens is 264 g/mol. The fourth-order valence-electron chi connectivity index (χ4n) is 2.18. The van der Waals surface area contributed by atoms with Crippen molar-refractivity contribution in [3.63, 3.8) is 0 Å². The lowest BCUT2D eigenvalue weighted by atomic mass is 10.2. The highest BCUT2D eigenvalue weighted by Crippen LogP contribution is 2.18. The van der Waals surface area contributed by atoms with Gasteiger partial charge in [0.2, 0.25) is 11.9 Å².